The quantitative estimate of drug-likeness (QED) is 0.520. The summed E-state index contributed by atoms with van der Waals surface area (Å²) in [6.45, 7) is 0.103. The first-order valence-corrected chi connectivity index (χ1v) is 4.64. The molecule has 0 aromatic heterocycles. The van der Waals surface area contributed by atoms with E-state index in [0.717, 1.165) is 0 Å². The van der Waals surface area contributed by atoms with E-state index >= 15 is 0 Å². The Kier molecular flexibility index (Phi) is 3.74. The van der Waals surface area contributed by atoms with Crippen molar-refractivity contribution in [1.82, 2.24) is 10.3 Å². The molecule has 1 aliphatic heterocycles. The van der Waals surface area contributed by atoms with Gasteiger partial charge in [0.2, 0.25) is 0 Å². The van der Waals surface area contributed by atoms with Crippen LogP contribution in [0.3, 0.4) is 0 Å². The van der Waals surface area contributed by atoms with Crippen LogP contribution in [0.4, 0.5) is 0 Å². The number of rotatable bonds is 3. The number of hydrazine groups is 1. The van der Waals surface area contributed by atoms with Crippen LogP contribution in [-0.2, 0) is 0 Å². The Morgan fingerprint density at radius 1 is 1.12 bits per heavy atom. The minimum Gasteiger partial charge on any atom is -0.355 e. The molecule has 0 bridgehead atoms. The monoisotopic (exact) mass is 247 g/mol. The molecule has 11 heteroatoms. The summed E-state index contributed by atoms with van der Waals surface area (Å²) in [6, 6.07) is 0. The van der Waals surface area contributed by atoms with E-state index in [9.17, 15) is 30.3 Å². The summed E-state index contributed by atoms with van der Waals surface area (Å²) in [5.74, 6) is -2.09. The van der Waals surface area contributed by atoms with Gasteiger partial charge in [-0.1, -0.05) is 5.01 Å². The van der Waals surface area contributed by atoms with Crippen LogP contribution in [0.5, 0.6) is 0 Å². The molecule has 0 atom stereocenters. The van der Waals surface area contributed by atoms with Gasteiger partial charge in [-0.15, -0.1) is 0 Å². The third-order valence-electron chi connectivity index (χ3n) is 2.10. The first-order chi connectivity index (χ1) is 7.95. The molecule has 0 amide bonds. The maximum Gasteiger partial charge on any atom is 0.605 e. The lowest BCUT2D eigenvalue weighted by Gasteiger charge is -2.11. The lowest BCUT2D eigenvalue weighted by Crippen LogP contribution is -2.38. The largest absolute Gasteiger partial charge is 0.605 e. The van der Waals surface area contributed by atoms with Gasteiger partial charge < -0.3 is 5.32 Å². The predicted molar refractivity (Wildman–Crippen MR) is 52.0 cm³/mol. The Labute approximate surface area is 94.1 Å². The highest BCUT2D eigenvalue weighted by Crippen LogP contribution is 2.14. The van der Waals surface area contributed by atoms with Crippen LogP contribution in [-0.4, -0.2) is 33.0 Å². The molecular formula is C6H9N5O6. The summed E-state index contributed by atoms with van der Waals surface area (Å²) in [5, 5.41) is 33.6. The van der Waals surface area contributed by atoms with Crippen molar-refractivity contribution in [3.05, 3.63) is 42.0 Å². The lowest BCUT2D eigenvalue weighted by atomic mass is 10.3. The van der Waals surface area contributed by atoms with Gasteiger partial charge in [0.1, 0.15) is 9.85 Å². The first-order valence-electron chi connectivity index (χ1n) is 4.64. The molecule has 11 nitrogen and oxygen atoms in total. The van der Waals surface area contributed by atoms with E-state index in [-0.39, 0.29) is 13.1 Å². The van der Waals surface area contributed by atoms with Crippen LogP contribution in [0.2, 0.25) is 0 Å². The van der Waals surface area contributed by atoms with E-state index in [1.807, 2.05) is 0 Å². The van der Waals surface area contributed by atoms with Crippen molar-refractivity contribution in [2.75, 3.05) is 13.1 Å². The molecular weight excluding hydrogens is 238 g/mol. The molecule has 1 aliphatic rings. The third-order valence-corrected chi connectivity index (χ3v) is 2.10. The molecule has 94 valence electrons. The Balaban J connectivity index is 3.26. The second kappa shape index (κ2) is 5.05. The maximum atomic E-state index is 10.7. The zero-order valence-corrected chi connectivity index (χ0v) is 8.57. The van der Waals surface area contributed by atoms with Crippen molar-refractivity contribution in [1.29, 1.82) is 0 Å². The molecule has 0 spiro atoms. The molecule has 1 rings (SSSR count). The Morgan fingerprint density at radius 2 is 1.71 bits per heavy atom. The average molecular weight is 247 g/mol. The van der Waals surface area contributed by atoms with Crippen molar-refractivity contribution in [2.24, 2.45) is 0 Å². The maximum absolute atomic E-state index is 10.7. The van der Waals surface area contributed by atoms with Crippen LogP contribution in [0.1, 0.15) is 12.8 Å². The molecule has 17 heavy (non-hydrogen) atoms. The SMILES string of the molecule is O=[N+]([O-])C(=C1NCCCCN1[N+](=O)[O-])[N+](=O)[O-]. The van der Waals surface area contributed by atoms with E-state index in [2.05, 4.69) is 5.32 Å². The Morgan fingerprint density at radius 3 is 2.18 bits per heavy atom. The zero-order valence-electron chi connectivity index (χ0n) is 8.57. The van der Waals surface area contributed by atoms with E-state index in [1.54, 1.807) is 0 Å². The van der Waals surface area contributed by atoms with Crippen molar-refractivity contribution in [3.63, 3.8) is 0 Å². The van der Waals surface area contributed by atoms with E-state index in [0.29, 0.717) is 17.9 Å². The highest BCUT2D eigenvalue weighted by atomic mass is 16.7. The van der Waals surface area contributed by atoms with E-state index in [4.69, 9.17) is 0 Å². The van der Waals surface area contributed by atoms with Crippen LogP contribution < -0.4 is 5.32 Å². The van der Waals surface area contributed by atoms with Gasteiger partial charge in [0.25, 0.3) is 0 Å². The summed E-state index contributed by atoms with van der Waals surface area (Å²) in [6.07, 6.45) is 0.955. The molecule has 1 heterocycles. The van der Waals surface area contributed by atoms with Gasteiger partial charge in [0, 0.05) is 6.54 Å². The summed E-state index contributed by atoms with van der Waals surface area (Å²) in [5.41, 5.74) is 0. The third kappa shape index (κ3) is 2.76. The number of nitrogens with zero attached hydrogens (tertiary/aromatic N) is 4. The highest BCUT2D eigenvalue weighted by molar-refractivity contribution is 4.98. The fraction of sp³-hybridized carbons (Fsp3) is 0.667. The molecule has 0 aliphatic carbocycles. The minimum atomic E-state index is -1.41. The first kappa shape index (κ1) is 12.6. The summed E-state index contributed by atoms with van der Waals surface area (Å²) in [4.78, 5) is 29.3. The normalized spacial score (nSPS) is 15.8. The van der Waals surface area contributed by atoms with Crippen molar-refractivity contribution in [3.8, 4) is 0 Å². The van der Waals surface area contributed by atoms with Gasteiger partial charge in [-0.2, -0.15) is 0 Å². The lowest BCUT2D eigenvalue weighted by molar-refractivity contribution is -0.660. The van der Waals surface area contributed by atoms with Crippen LogP contribution in [0.15, 0.2) is 11.6 Å². The number of nitrogens with one attached hydrogen (secondary N) is 1. The Bertz CT molecular complexity index is 376. The van der Waals surface area contributed by atoms with Gasteiger partial charge >= 0.3 is 11.6 Å². The van der Waals surface area contributed by atoms with Crippen molar-refractivity contribution < 1.29 is 14.9 Å². The molecule has 1 saturated heterocycles. The molecule has 0 unspecified atom stereocenters. The van der Waals surface area contributed by atoms with Crippen molar-refractivity contribution >= 4 is 0 Å². The molecule has 0 aromatic carbocycles. The Hall–Kier alpha value is -2.46. The minimum absolute atomic E-state index is 0.111. The zero-order chi connectivity index (χ0) is 13.0. The highest BCUT2D eigenvalue weighted by Gasteiger charge is 2.41. The molecule has 1 N–H and O–H groups in total. The molecule has 0 saturated carbocycles. The molecule has 0 aromatic rings. The van der Waals surface area contributed by atoms with Crippen LogP contribution in [0, 0.1) is 30.3 Å². The van der Waals surface area contributed by atoms with Gasteiger partial charge in [0.05, 0.1) is 6.54 Å². The summed E-state index contributed by atoms with van der Waals surface area (Å²) < 4.78 is 0. The van der Waals surface area contributed by atoms with Gasteiger partial charge in [-0.3, -0.25) is 20.2 Å². The van der Waals surface area contributed by atoms with Crippen LogP contribution in [0.25, 0.3) is 0 Å². The van der Waals surface area contributed by atoms with Crippen LogP contribution >= 0.6 is 0 Å². The predicted octanol–water partition coefficient (Wildman–Crippen LogP) is -0.456. The fourth-order valence-electron chi connectivity index (χ4n) is 1.39. The summed E-state index contributed by atoms with van der Waals surface area (Å²) >= 11 is 0. The summed E-state index contributed by atoms with van der Waals surface area (Å²) in [7, 11) is 0. The van der Waals surface area contributed by atoms with Gasteiger partial charge in [0.15, 0.2) is 5.03 Å². The molecule has 0 radical (unpaired) electrons. The van der Waals surface area contributed by atoms with E-state index < -0.39 is 26.5 Å². The topological polar surface area (TPSA) is 145 Å². The average Bonchev–Trinajstić information content (AvgIpc) is 2.42. The van der Waals surface area contributed by atoms with Gasteiger partial charge in [-0.25, -0.2) is 10.1 Å². The number of hydrogen-bond donors (Lipinski definition) is 1. The molecule has 1 fully saturated rings. The standard InChI is InChI=1S/C6H9N5O6/c12-9(13)6(10(14)15)5-7-3-1-2-4-8(5)11(16)17/h7H,1-4H2. The van der Waals surface area contributed by atoms with E-state index in [1.165, 1.54) is 0 Å². The van der Waals surface area contributed by atoms with Gasteiger partial charge in [-0.05, 0) is 12.8 Å². The van der Waals surface area contributed by atoms with Crippen molar-refractivity contribution in [2.45, 2.75) is 12.8 Å². The smallest absolute Gasteiger partial charge is 0.355 e. The number of hydrogen-bond acceptors (Lipinski definition) is 7. The fourth-order valence-corrected chi connectivity index (χ4v) is 1.39. The second-order valence-electron chi connectivity index (χ2n) is 3.18. The number of nitro groups is 3. The second-order valence-corrected chi connectivity index (χ2v) is 3.18.